The van der Waals surface area contributed by atoms with Crippen molar-refractivity contribution in [1.82, 2.24) is 5.32 Å². The second kappa shape index (κ2) is 9.29. The van der Waals surface area contributed by atoms with Crippen molar-refractivity contribution in [1.29, 1.82) is 0 Å². The zero-order valence-electron chi connectivity index (χ0n) is 15.6. The van der Waals surface area contributed by atoms with Crippen molar-refractivity contribution in [2.75, 3.05) is 13.2 Å². The number of halogens is 2. The fraction of sp³-hybridized carbons (Fsp3) is 0.429. The molecule has 2 aromatic carbocycles. The zero-order valence-corrected chi connectivity index (χ0v) is 17.2. The molecule has 0 aliphatic carbocycles. The van der Waals surface area contributed by atoms with Gasteiger partial charge in [0.25, 0.3) is 0 Å². The number of aliphatic hydroxyl groups excluding tert-OH is 4. The molecular formula is C21H25Cl2NO5. The minimum Gasteiger partial charge on any atom is -0.394 e. The minimum absolute atomic E-state index is 0. The summed E-state index contributed by atoms with van der Waals surface area (Å²) >= 11 is 6.02. The third kappa shape index (κ3) is 4.31. The second-order valence-electron chi connectivity index (χ2n) is 7.40. The molecule has 6 atom stereocenters. The molecule has 158 valence electrons. The summed E-state index contributed by atoms with van der Waals surface area (Å²) in [4.78, 5) is 0. The Morgan fingerprint density at radius 1 is 0.966 bits per heavy atom. The van der Waals surface area contributed by atoms with Gasteiger partial charge in [0.1, 0.15) is 30.5 Å². The van der Waals surface area contributed by atoms with Gasteiger partial charge in [-0.25, -0.2) is 0 Å². The van der Waals surface area contributed by atoms with Crippen LogP contribution in [-0.4, -0.2) is 58.0 Å². The largest absolute Gasteiger partial charge is 0.394 e. The highest BCUT2D eigenvalue weighted by Gasteiger charge is 2.44. The van der Waals surface area contributed by atoms with Gasteiger partial charge in [0.15, 0.2) is 0 Å². The average molecular weight is 442 g/mol. The zero-order chi connectivity index (χ0) is 19.8. The Bertz CT molecular complexity index is 832. The number of aliphatic hydroxyl groups is 4. The molecule has 1 fully saturated rings. The van der Waals surface area contributed by atoms with E-state index in [1.54, 1.807) is 0 Å². The van der Waals surface area contributed by atoms with Gasteiger partial charge in [-0.05, 0) is 40.8 Å². The fourth-order valence-electron chi connectivity index (χ4n) is 4.08. The summed E-state index contributed by atoms with van der Waals surface area (Å²) in [6.45, 7) is 0.404. The molecule has 29 heavy (non-hydrogen) atoms. The van der Waals surface area contributed by atoms with E-state index in [2.05, 4.69) is 5.32 Å². The van der Waals surface area contributed by atoms with Crippen LogP contribution in [0.5, 0.6) is 0 Å². The highest BCUT2D eigenvalue weighted by Crippen LogP contribution is 2.36. The predicted octanol–water partition coefficient (Wildman–Crippen LogP) is 1.51. The van der Waals surface area contributed by atoms with Crippen molar-refractivity contribution in [3.05, 3.63) is 69.7 Å². The Kier molecular flexibility index (Phi) is 7.19. The van der Waals surface area contributed by atoms with E-state index in [1.165, 1.54) is 5.56 Å². The van der Waals surface area contributed by atoms with Gasteiger partial charge in [-0.2, -0.15) is 0 Å². The molecule has 6 nitrogen and oxygen atoms in total. The van der Waals surface area contributed by atoms with Crippen molar-refractivity contribution >= 4 is 24.0 Å². The van der Waals surface area contributed by atoms with Crippen LogP contribution in [0.4, 0.5) is 0 Å². The SMILES string of the molecule is Cl.OC[C@H]1O[C@@H](c2ccc3c(c2)[C@H](c2ccc(Cl)cc2)NCC3)[C@H](O)[C@@H](O)[C@@H]1O. The molecule has 2 heterocycles. The highest BCUT2D eigenvalue weighted by molar-refractivity contribution is 6.30. The molecule has 0 bridgehead atoms. The molecule has 0 spiro atoms. The van der Waals surface area contributed by atoms with E-state index >= 15 is 0 Å². The number of ether oxygens (including phenoxy) is 1. The quantitative estimate of drug-likeness (QED) is 0.494. The average Bonchev–Trinajstić information content (AvgIpc) is 2.72. The smallest absolute Gasteiger partial charge is 0.113 e. The molecule has 2 aliphatic heterocycles. The van der Waals surface area contributed by atoms with Gasteiger partial charge in [0, 0.05) is 11.6 Å². The third-order valence-corrected chi connectivity index (χ3v) is 5.90. The molecule has 2 aliphatic rings. The minimum atomic E-state index is -1.39. The van der Waals surface area contributed by atoms with Crippen LogP contribution >= 0.6 is 24.0 Å². The van der Waals surface area contributed by atoms with Crippen LogP contribution in [0, 0.1) is 0 Å². The maximum Gasteiger partial charge on any atom is 0.113 e. The van der Waals surface area contributed by atoms with Crippen LogP contribution in [0.3, 0.4) is 0 Å². The summed E-state index contributed by atoms with van der Waals surface area (Å²) in [6.07, 6.45) is -4.93. The molecule has 5 N–H and O–H groups in total. The van der Waals surface area contributed by atoms with Gasteiger partial charge in [-0.3, -0.25) is 0 Å². The molecule has 0 amide bonds. The number of nitrogens with one attached hydrogen (secondary N) is 1. The predicted molar refractivity (Wildman–Crippen MR) is 111 cm³/mol. The van der Waals surface area contributed by atoms with Crippen LogP contribution in [-0.2, 0) is 11.2 Å². The van der Waals surface area contributed by atoms with Crippen LogP contribution in [0.25, 0.3) is 0 Å². The molecule has 0 radical (unpaired) electrons. The Hall–Kier alpha value is -1.22. The Morgan fingerprint density at radius 2 is 1.66 bits per heavy atom. The summed E-state index contributed by atoms with van der Waals surface area (Å²) < 4.78 is 5.72. The Balaban J connectivity index is 0.00000240. The molecule has 1 saturated heterocycles. The molecule has 0 saturated carbocycles. The molecule has 0 aromatic heterocycles. The molecular weight excluding hydrogens is 417 g/mol. The van der Waals surface area contributed by atoms with E-state index in [-0.39, 0.29) is 18.4 Å². The topological polar surface area (TPSA) is 102 Å². The Morgan fingerprint density at radius 3 is 2.34 bits per heavy atom. The lowest BCUT2D eigenvalue weighted by atomic mass is 9.85. The van der Waals surface area contributed by atoms with Crippen molar-refractivity contribution < 1.29 is 25.2 Å². The maximum atomic E-state index is 10.4. The third-order valence-electron chi connectivity index (χ3n) is 5.65. The van der Waals surface area contributed by atoms with E-state index in [4.69, 9.17) is 16.3 Å². The van der Waals surface area contributed by atoms with E-state index in [9.17, 15) is 20.4 Å². The molecule has 8 heteroatoms. The van der Waals surface area contributed by atoms with Gasteiger partial charge in [0.05, 0.1) is 12.6 Å². The first-order valence-electron chi connectivity index (χ1n) is 9.41. The normalized spacial score (nSPS) is 31.6. The Labute approximate surface area is 180 Å². The molecule has 2 aromatic rings. The fourth-order valence-corrected chi connectivity index (χ4v) is 4.20. The van der Waals surface area contributed by atoms with Crippen molar-refractivity contribution in [2.24, 2.45) is 0 Å². The number of fused-ring (bicyclic) bond motifs is 1. The second-order valence-corrected chi connectivity index (χ2v) is 7.83. The lowest BCUT2D eigenvalue weighted by Crippen LogP contribution is -2.55. The summed E-state index contributed by atoms with van der Waals surface area (Å²) in [5, 5.41) is 44.2. The summed E-state index contributed by atoms with van der Waals surface area (Å²) in [5.41, 5.74) is 4.05. The first-order valence-corrected chi connectivity index (χ1v) is 9.79. The first-order chi connectivity index (χ1) is 13.5. The first kappa shape index (κ1) is 22.5. The number of hydrogen-bond donors (Lipinski definition) is 5. The lowest BCUT2D eigenvalue weighted by Gasteiger charge is -2.40. The highest BCUT2D eigenvalue weighted by atomic mass is 35.5. The number of hydrogen-bond acceptors (Lipinski definition) is 6. The van der Waals surface area contributed by atoms with E-state index in [0.717, 1.165) is 24.1 Å². The van der Waals surface area contributed by atoms with E-state index < -0.39 is 37.1 Å². The van der Waals surface area contributed by atoms with Gasteiger partial charge < -0.3 is 30.5 Å². The molecule has 4 rings (SSSR count). The van der Waals surface area contributed by atoms with Crippen LogP contribution in [0.1, 0.15) is 34.4 Å². The van der Waals surface area contributed by atoms with Crippen LogP contribution < -0.4 is 5.32 Å². The van der Waals surface area contributed by atoms with Gasteiger partial charge in [0.2, 0.25) is 0 Å². The van der Waals surface area contributed by atoms with Gasteiger partial charge in [-0.15, -0.1) is 12.4 Å². The summed E-state index contributed by atoms with van der Waals surface area (Å²) in [7, 11) is 0. The standard InChI is InChI=1S/C21H24ClNO5.ClH/c22-14-5-3-12(4-6-14)17-15-9-13(2-1-11(15)7-8-23-17)21-20(27)19(26)18(25)16(10-24)28-21;/h1-6,9,16-21,23-27H,7-8,10H2;1H/t16-,17+,18-,19+,20-,21+;/m1./s1. The van der Waals surface area contributed by atoms with Crippen LogP contribution in [0.15, 0.2) is 42.5 Å². The summed E-state index contributed by atoms with van der Waals surface area (Å²) in [5.74, 6) is 0. The monoisotopic (exact) mass is 441 g/mol. The van der Waals surface area contributed by atoms with Crippen molar-refractivity contribution in [2.45, 2.75) is 43.0 Å². The van der Waals surface area contributed by atoms with Crippen molar-refractivity contribution in [3.63, 3.8) is 0 Å². The molecule has 0 unspecified atom stereocenters. The number of benzene rings is 2. The van der Waals surface area contributed by atoms with Crippen molar-refractivity contribution in [3.8, 4) is 0 Å². The van der Waals surface area contributed by atoms with Crippen LogP contribution in [0.2, 0.25) is 5.02 Å². The van der Waals surface area contributed by atoms with Gasteiger partial charge >= 0.3 is 0 Å². The lowest BCUT2D eigenvalue weighted by molar-refractivity contribution is -0.231. The maximum absolute atomic E-state index is 10.4. The van der Waals surface area contributed by atoms with Gasteiger partial charge in [-0.1, -0.05) is 41.9 Å². The number of rotatable bonds is 3. The summed E-state index contributed by atoms with van der Waals surface area (Å²) in [6, 6.07) is 13.5. The van der Waals surface area contributed by atoms with E-state index in [0.29, 0.717) is 10.6 Å². The van der Waals surface area contributed by atoms with E-state index in [1.807, 2.05) is 42.5 Å².